The number of nitrogens with zero attached hydrogens (tertiary/aromatic N) is 1. The fraction of sp³-hybridized carbons (Fsp3) is 0.500. The number of hydrogen-bond donors (Lipinski definition) is 2. The smallest absolute Gasteiger partial charge is 0.407 e. The van der Waals surface area contributed by atoms with Crippen molar-refractivity contribution in [2.75, 3.05) is 19.8 Å². The zero-order valence-electron chi connectivity index (χ0n) is 15.5. The number of esters is 1. The average Bonchev–Trinajstić information content (AvgIpc) is 3.01. The van der Waals surface area contributed by atoms with Crippen LogP contribution in [0.15, 0.2) is 18.3 Å². The first-order valence-electron chi connectivity index (χ1n) is 8.54. The zero-order valence-corrected chi connectivity index (χ0v) is 15.5. The number of aromatic nitrogens is 2. The number of hydrogen-bond acceptors (Lipinski definition) is 6. The molecule has 0 saturated carbocycles. The van der Waals surface area contributed by atoms with E-state index in [1.165, 1.54) is 0 Å². The molecule has 2 N–H and O–H groups in total. The van der Waals surface area contributed by atoms with Crippen LogP contribution in [0.5, 0.6) is 5.75 Å². The highest BCUT2D eigenvalue weighted by molar-refractivity contribution is 5.96. The highest BCUT2D eigenvalue weighted by Gasteiger charge is 2.16. The summed E-state index contributed by atoms with van der Waals surface area (Å²) < 4.78 is 15.9. The normalized spacial score (nSPS) is 11.2. The second kappa shape index (κ2) is 8.55. The van der Waals surface area contributed by atoms with Gasteiger partial charge in [0.1, 0.15) is 16.9 Å². The fourth-order valence-corrected chi connectivity index (χ4v) is 2.23. The molecule has 8 heteroatoms. The number of ether oxygens (including phenoxy) is 3. The summed E-state index contributed by atoms with van der Waals surface area (Å²) in [5.74, 6) is 0.104. The van der Waals surface area contributed by atoms with Crippen LogP contribution in [0, 0.1) is 0 Å². The van der Waals surface area contributed by atoms with Crippen LogP contribution in [0.2, 0.25) is 0 Å². The van der Waals surface area contributed by atoms with Crippen molar-refractivity contribution in [3.8, 4) is 5.75 Å². The molecule has 8 nitrogen and oxygen atoms in total. The summed E-state index contributed by atoms with van der Waals surface area (Å²) >= 11 is 0. The van der Waals surface area contributed by atoms with Crippen molar-refractivity contribution in [2.45, 2.75) is 39.7 Å². The van der Waals surface area contributed by atoms with E-state index in [2.05, 4.69) is 15.5 Å². The van der Waals surface area contributed by atoms with Gasteiger partial charge >= 0.3 is 12.1 Å². The van der Waals surface area contributed by atoms with Gasteiger partial charge in [-0.15, -0.1) is 0 Å². The quantitative estimate of drug-likeness (QED) is 0.579. The molecule has 142 valence electrons. The third kappa shape index (κ3) is 5.65. The van der Waals surface area contributed by atoms with Gasteiger partial charge in [-0.05, 0) is 46.2 Å². The van der Waals surface area contributed by atoms with Crippen LogP contribution in [-0.4, -0.2) is 47.6 Å². The van der Waals surface area contributed by atoms with Crippen molar-refractivity contribution in [1.82, 2.24) is 15.5 Å². The summed E-state index contributed by atoms with van der Waals surface area (Å²) in [5, 5.41) is 10.3. The molecule has 0 atom stereocenters. The van der Waals surface area contributed by atoms with Gasteiger partial charge in [0, 0.05) is 11.9 Å². The van der Waals surface area contributed by atoms with Crippen LogP contribution in [0.1, 0.15) is 44.5 Å². The van der Waals surface area contributed by atoms with Crippen molar-refractivity contribution in [3.63, 3.8) is 0 Å². The lowest BCUT2D eigenvalue weighted by atomic mass is 10.1. The van der Waals surface area contributed by atoms with Crippen LogP contribution in [0.4, 0.5) is 4.79 Å². The zero-order chi connectivity index (χ0) is 19.2. The number of alkyl carbamates (subject to hydrolysis) is 1. The number of carbonyl (C=O) groups is 2. The van der Waals surface area contributed by atoms with Crippen LogP contribution in [-0.2, 0) is 9.47 Å². The predicted molar refractivity (Wildman–Crippen MR) is 96.4 cm³/mol. The molecule has 0 bridgehead atoms. The minimum atomic E-state index is -0.527. The van der Waals surface area contributed by atoms with E-state index in [4.69, 9.17) is 14.2 Å². The first-order valence-corrected chi connectivity index (χ1v) is 8.54. The van der Waals surface area contributed by atoms with Crippen LogP contribution in [0.25, 0.3) is 10.9 Å². The Morgan fingerprint density at radius 2 is 2.04 bits per heavy atom. The van der Waals surface area contributed by atoms with Gasteiger partial charge in [-0.2, -0.15) is 5.10 Å². The van der Waals surface area contributed by atoms with Gasteiger partial charge < -0.3 is 19.5 Å². The standard InChI is InChI=1S/C18H25N3O5/c1-5-24-16(22)12-9-13-11-20-21-15(13)14(10-12)25-8-6-7-19-17(23)26-18(2,3)4/h9-11H,5-8H2,1-4H3,(H,19,23)(H,20,21). The molecule has 0 aliphatic rings. The molecule has 26 heavy (non-hydrogen) atoms. The minimum Gasteiger partial charge on any atom is -0.491 e. The van der Waals surface area contributed by atoms with Crippen molar-refractivity contribution in [3.05, 3.63) is 23.9 Å². The number of aromatic amines is 1. The molecule has 0 aliphatic heterocycles. The summed E-state index contributed by atoms with van der Waals surface area (Å²) in [7, 11) is 0. The predicted octanol–water partition coefficient (Wildman–Crippen LogP) is 3.03. The van der Waals surface area contributed by atoms with E-state index in [0.29, 0.717) is 43.0 Å². The number of fused-ring (bicyclic) bond motifs is 1. The lowest BCUT2D eigenvalue weighted by Gasteiger charge is -2.19. The number of rotatable bonds is 7. The van der Waals surface area contributed by atoms with Crippen LogP contribution in [0.3, 0.4) is 0 Å². The Morgan fingerprint density at radius 1 is 1.27 bits per heavy atom. The van der Waals surface area contributed by atoms with Crippen molar-refractivity contribution in [1.29, 1.82) is 0 Å². The second-order valence-electron chi connectivity index (χ2n) is 6.66. The van der Waals surface area contributed by atoms with E-state index in [0.717, 1.165) is 5.39 Å². The molecular weight excluding hydrogens is 338 g/mol. The lowest BCUT2D eigenvalue weighted by Crippen LogP contribution is -2.33. The van der Waals surface area contributed by atoms with Crippen LogP contribution < -0.4 is 10.1 Å². The van der Waals surface area contributed by atoms with Crippen molar-refractivity contribution < 1.29 is 23.8 Å². The maximum atomic E-state index is 12.0. The Morgan fingerprint density at radius 3 is 2.73 bits per heavy atom. The first-order chi connectivity index (χ1) is 12.3. The molecule has 0 spiro atoms. The molecule has 2 rings (SSSR count). The monoisotopic (exact) mass is 363 g/mol. The molecular formula is C18H25N3O5. The van der Waals surface area contributed by atoms with E-state index in [1.54, 1.807) is 25.3 Å². The Balaban J connectivity index is 1.91. The van der Waals surface area contributed by atoms with E-state index < -0.39 is 17.7 Å². The Bertz CT molecular complexity index is 764. The minimum absolute atomic E-state index is 0.300. The van der Waals surface area contributed by atoms with Crippen molar-refractivity contribution >= 4 is 23.0 Å². The summed E-state index contributed by atoms with van der Waals surface area (Å²) in [6.45, 7) is 8.25. The highest BCUT2D eigenvalue weighted by Crippen LogP contribution is 2.26. The third-order valence-corrected chi connectivity index (χ3v) is 3.27. The molecule has 0 fully saturated rings. The Labute approximate surface area is 152 Å². The van der Waals surface area contributed by atoms with E-state index >= 15 is 0 Å². The molecule has 0 radical (unpaired) electrons. The number of carbonyl (C=O) groups excluding carboxylic acids is 2. The number of amides is 1. The van der Waals surface area contributed by atoms with Crippen LogP contribution >= 0.6 is 0 Å². The second-order valence-corrected chi connectivity index (χ2v) is 6.66. The molecule has 1 aromatic heterocycles. The number of nitrogens with one attached hydrogen (secondary N) is 2. The summed E-state index contributed by atoms with van der Waals surface area (Å²) in [6.07, 6.45) is 1.74. The van der Waals surface area contributed by atoms with Gasteiger partial charge in [-0.3, -0.25) is 5.10 Å². The fourth-order valence-electron chi connectivity index (χ4n) is 2.23. The molecule has 0 saturated heterocycles. The summed E-state index contributed by atoms with van der Waals surface area (Å²) in [6, 6.07) is 3.33. The molecule has 0 aliphatic carbocycles. The topological polar surface area (TPSA) is 103 Å². The SMILES string of the molecule is CCOC(=O)c1cc(OCCCNC(=O)OC(C)(C)C)c2[nH]ncc2c1. The van der Waals surface area contributed by atoms with Crippen molar-refractivity contribution in [2.24, 2.45) is 0 Å². The Hall–Kier alpha value is -2.77. The molecule has 1 aromatic carbocycles. The van der Waals surface area contributed by atoms with Gasteiger partial charge in [0.05, 0.1) is 25.0 Å². The Kier molecular flexibility index (Phi) is 6.43. The molecule has 0 unspecified atom stereocenters. The third-order valence-electron chi connectivity index (χ3n) is 3.27. The number of benzene rings is 1. The summed E-state index contributed by atoms with van der Waals surface area (Å²) in [4.78, 5) is 23.5. The number of H-pyrrole nitrogens is 1. The molecule has 1 amide bonds. The largest absolute Gasteiger partial charge is 0.491 e. The van der Waals surface area contributed by atoms with E-state index in [1.807, 2.05) is 20.8 Å². The molecule has 1 heterocycles. The van der Waals surface area contributed by atoms with E-state index in [9.17, 15) is 9.59 Å². The highest BCUT2D eigenvalue weighted by atomic mass is 16.6. The molecule has 2 aromatic rings. The first kappa shape index (κ1) is 19.6. The summed E-state index contributed by atoms with van der Waals surface area (Å²) in [5.41, 5.74) is 0.584. The lowest BCUT2D eigenvalue weighted by molar-refractivity contribution is 0.0514. The van der Waals surface area contributed by atoms with Gasteiger partial charge in [0.2, 0.25) is 0 Å². The average molecular weight is 363 g/mol. The van der Waals surface area contributed by atoms with Gasteiger partial charge in [-0.1, -0.05) is 0 Å². The maximum absolute atomic E-state index is 12.0. The van der Waals surface area contributed by atoms with Gasteiger partial charge in [0.15, 0.2) is 0 Å². The maximum Gasteiger partial charge on any atom is 0.407 e. The van der Waals surface area contributed by atoms with Gasteiger partial charge in [-0.25, -0.2) is 9.59 Å². The van der Waals surface area contributed by atoms with E-state index in [-0.39, 0.29) is 0 Å². The van der Waals surface area contributed by atoms with Gasteiger partial charge in [0.25, 0.3) is 0 Å².